The maximum atomic E-state index is 11.9. The van der Waals surface area contributed by atoms with Gasteiger partial charge in [-0.1, -0.05) is 18.2 Å². The zero-order chi connectivity index (χ0) is 15.9. The molecule has 2 rings (SSSR count). The lowest BCUT2D eigenvalue weighted by atomic mass is 10.1. The highest BCUT2D eigenvalue weighted by atomic mass is 16.5. The smallest absolute Gasteiger partial charge is 0.262 e. The highest BCUT2D eigenvalue weighted by Crippen LogP contribution is 2.21. The molecule has 1 amide bonds. The minimum atomic E-state index is -1.65. The van der Waals surface area contributed by atoms with E-state index < -0.39 is 12.2 Å². The van der Waals surface area contributed by atoms with Gasteiger partial charge in [-0.2, -0.15) is 0 Å². The standard InChI is InChI=1S/C16H17NO5/c1-21-11-6-8-12(9-7-11)22-10-15(18)17-14-5-3-2-4-13(14)16(19)20/h2-9,16,19-20H,10H2,1H3,(H,17,18). The van der Waals surface area contributed by atoms with Crippen molar-refractivity contribution in [1.82, 2.24) is 0 Å². The van der Waals surface area contributed by atoms with Crippen LogP contribution in [0.1, 0.15) is 11.9 Å². The van der Waals surface area contributed by atoms with Crippen LogP contribution in [0.4, 0.5) is 5.69 Å². The van der Waals surface area contributed by atoms with Crippen molar-refractivity contribution >= 4 is 11.6 Å². The van der Waals surface area contributed by atoms with Gasteiger partial charge in [0.15, 0.2) is 12.9 Å². The summed E-state index contributed by atoms with van der Waals surface area (Å²) in [7, 11) is 1.57. The second kappa shape index (κ2) is 7.44. The molecule has 0 aliphatic carbocycles. The maximum Gasteiger partial charge on any atom is 0.262 e. The summed E-state index contributed by atoms with van der Waals surface area (Å²) in [6, 6.07) is 13.3. The van der Waals surface area contributed by atoms with E-state index >= 15 is 0 Å². The average Bonchev–Trinajstić information content (AvgIpc) is 2.53. The van der Waals surface area contributed by atoms with Crippen molar-refractivity contribution in [3.63, 3.8) is 0 Å². The first-order valence-electron chi connectivity index (χ1n) is 6.62. The summed E-state index contributed by atoms with van der Waals surface area (Å²) in [5.41, 5.74) is 0.557. The first-order valence-corrected chi connectivity index (χ1v) is 6.62. The zero-order valence-electron chi connectivity index (χ0n) is 12.0. The molecule has 0 saturated carbocycles. The van der Waals surface area contributed by atoms with Crippen LogP contribution in [0.25, 0.3) is 0 Å². The third-order valence-electron chi connectivity index (χ3n) is 2.94. The highest BCUT2D eigenvalue weighted by molar-refractivity contribution is 5.92. The summed E-state index contributed by atoms with van der Waals surface area (Å²) < 4.78 is 10.4. The Morgan fingerprint density at radius 3 is 2.36 bits per heavy atom. The van der Waals surface area contributed by atoms with Gasteiger partial charge in [0.1, 0.15) is 11.5 Å². The molecule has 6 heteroatoms. The third kappa shape index (κ3) is 4.21. The lowest BCUT2D eigenvalue weighted by molar-refractivity contribution is -0.118. The van der Waals surface area contributed by atoms with Gasteiger partial charge in [0, 0.05) is 11.3 Å². The average molecular weight is 303 g/mol. The molecule has 0 aliphatic heterocycles. The second-order valence-corrected chi connectivity index (χ2v) is 4.47. The Bertz CT molecular complexity index is 625. The number of hydrogen-bond acceptors (Lipinski definition) is 5. The van der Waals surface area contributed by atoms with E-state index in [1.165, 1.54) is 6.07 Å². The van der Waals surface area contributed by atoms with E-state index in [0.29, 0.717) is 17.2 Å². The quantitative estimate of drug-likeness (QED) is 0.707. The van der Waals surface area contributed by atoms with Gasteiger partial charge in [-0.25, -0.2) is 0 Å². The van der Waals surface area contributed by atoms with E-state index in [-0.39, 0.29) is 12.2 Å². The molecule has 3 N–H and O–H groups in total. The van der Waals surface area contributed by atoms with E-state index in [1.54, 1.807) is 49.6 Å². The Morgan fingerprint density at radius 2 is 1.73 bits per heavy atom. The van der Waals surface area contributed by atoms with E-state index in [1.807, 2.05) is 0 Å². The molecule has 0 atom stereocenters. The predicted octanol–water partition coefficient (Wildman–Crippen LogP) is 1.70. The van der Waals surface area contributed by atoms with Gasteiger partial charge >= 0.3 is 0 Å². The second-order valence-electron chi connectivity index (χ2n) is 4.47. The van der Waals surface area contributed by atoms with Crippen LogP contribution in [-0.4, -0.2) is 29.8 Å². The highest BCUT2D eigenvalue weighted by Gasteiger charge is 2.11. The zero-order valence-corrected chi connectivity index (χ0v) is 12.0. The van der Waals surface area contributed by atoms with Gasteiger partial charge in [0.2, 0.25) is 0 Å². The molecule has 0 heterocycles. The topological polar surface area (TPSA) is 88.0 Å². The van der Waals surface area contributed by atoms with Crippen molar-refractivity contribution in [1.29, 1.82) is 0 Å². The number of hydrogen-bond donors (Lipinski definition) is 3. The Hall–Kier alpha value is -2.57. The van der Waals surface area contributed by atoms with Crippen LogP contribution in [0.15, 0.2) is 48.5 Å². The van der Waals surface area contributed by atoms with Crippen molar-refractivity contribution in [3.8, 4) is 11.5 Å². The van der Waals surface area contributed by atoms with E-state index in [9.17, 15) is 15.0 Å². The molecule has 0 radical (unpaired) electrons. The maximum absolute atomic E-state index is 11.9. The summed E-state index contributed by atoms with van der Waals surface area (Å²) in [5.74, 6) is 0.831. The van der Waals surface area contributed by atoms with Crippen molar-refractivity contribution in [2.24, 2.45) is 0 Å². The van der Waals surface area contributed by atoms with Gasteiger partial charge in [-0.05, 0) is 30.3 Å². The van der Waals surface area contributed by atoms with E-state index in [0.717, 1.165) is 0 Å². The molecule has 0 bridgehead atoms. The van der Waals surface area contributed by atoms with Crippen molar-refractivity contribution in [2.75, 3.05) is 19.0 Å². The van der Waals surface area contributed by atoms with Crippen LogP contribution in [0, 0.1) is 0 Å². The van der Waals surface area contributed by atoms with Gasteiger partial charge in [0.05, 0.1) is 7.11 Å². The Balaban J connectivity index is 1.93. The summed E-state index contributed by atoms with van der Waals surface area (Å²) in [6.45, 7) is -0.192. The molecular formula is C16H17NO5. The number of aliphatic hydroxyl groups excluding tert-OH is 1. The number of benzene rings is 2. The normalized spacial score (nSPS) is 10.4. The lowest BCUT2D eigenvalue weighted by Crippen LogP contribution is -2.21. The first-order chi connectivity index (χ1) is 10.6. The molecular weight excluding hydrogens is 286 g/mol. The lowest BCUT2D eigenvalue weighted by Gasteiger charge is -2.12. The molecule has 6 nitrogen and oxygen atoms in total. The van der Waals surface area contributed by atoms with Crippen molar-refractivity contribution in [2.45, 2.75) is 6.29 Å². The number of ether oxygens (including phenoxy) is 2. The molecule has 0 unspecified atom stereocenters. The molecule has 116 valence electrons. The minimum Gasteiger partial charge on any atom is -0.497 e. The molecule has 2 aromatic carbocycles. The van der Waals surface area contributed by atoms with Gasteiger partial charge in [-0.3, -0.25) is 4.79 Å². The minimum absolute atomic E-state index is 0.192. The Morgan fingerprint density at radius 1 is 1.09 bits per heavy atom. The number of nitrogens with one attached hydrogen (secondary N) is 1. The van der Waals surface area contributed by atoms with Crippen molar-refractivity contribution < 1.29 is 24.5 Å². The summed E-state index contributed by atoms with van der Waals surface area (Å²) >= 11 is 0. The molecule has 0 fully saturated rings. The van der Waals surface area contributed by atoms with Crippen LogP contribution in [0.2, 0.25) is 0 Å². The fourth-order valence-corrected chi connectivity index (χ4v) is 1.84. The fourth-order valence-electron chi connectivity index (χ4n) is 1.84. The number of carbonyl (C=O) groups is 1. The predicted molar refractivity (Wildman–Crippen MR) is 80.7 cm³/mol. The van der Waals surface area contributed by atoms with Crippen molar-refractivity contribution in [3.05, 3.63) is 54.1 Å². The van der Waals surface area contributed by atoms with E-state index in [2.05, 4.69) is 5.32 Å². The number of aliphatic hydroxyl groups is 2. The number of amides is 1. The van der Waals surface area contributed by atoms with Crippen LogP contribution < -0.4 is 14.8 Å². The summed E-state index contributed by atoms with van der Waals surface area (Å²) in [4.78, 5) is 11.9. The van der Waals surface area contributed by atoms with Crippen LogP contribution in [0.3, 0.4) is 0 Å². The molecule has 0 aromatic heterocycles. The van der Waals surface area contributed by atoms with Crippen LogP contribution in [-0.2, 0) is 4.79 Å². The fraction of sp³-hybridized carbons (Fsp3) is 0.188. The molecule has 0 spiro atoms. The number of anilines is 1. The number of carbonyl (C=O) groups excluding carboxylic acids is 1. The van der Waals surface area contributed by atoms with Gasteiger partial charge in [-0.15, -0.1) is 0 Å². The Kier molecular flexibility index (Phi) is 5.35. The van der Waals surface area contributed by atoms with Gasteiger partial charge < -0.3 is 25.0 Å². The molecule has 0 saturated heterocycles. The summed E-state index contributed by atoms with van der Waals surface area (Å²) in [6.07, 6.45) is -1.65. The van der Waals surface area contributed by atoms with Crippen LogP contribution in [0.5, 0.6) is 11.5 Å². The first kappa shape index (κ1) is 15.8. The third-order valence-corrected chi connectivity index (χ3v) is 2.94. The monoisotopic (exact) mass is 303 g/mol. The largest absolute Gasteiger partial charge is 0.497 e. The molecule has 2 aromatic rings. The number of methoxy groups -OCH3 is 1. The SMILES string of the molecule is COc1ccc(OCC(=O)Nc2ccccc2C(O)O)cc1. The molecule has 0 aliphatic rings. The number of rotatable bonds is 6. The van der Waals surface area contributed by atoms with Crippen LogP contribution >= 0.6 is 0 Å². The number of para-hydroxylation sites is 1. The molecule has 22 heavy (non-hydrogen) atoms. The Labute approximate surface area is 127 Å². The van der Waals surface area contributed by atoms with Gasteiger partial charge in [0.25, 0.3) is 5.91 Å². The van der Waals surface area contributed by atoms with E-state index in [4.69, 9.17) is 9.47 Å². The summed E-state index contributed by atoms with van der Waals surface area (Å²) in [5, 5.41) is 21.0.